The molecule has 2 aromatic carbocycles. The monoisotopic (exact) mass is 414 g/mol. The molecule has 1 atom stereocenters. The first-order valence-electron chi connectivity index (χ1n) is 7.88. The Morgan fingerprint density at radius 2 is 1.81 bits per heavy atom. The lowest BCUT2D eigenvalue weighted by Crippen LogP contribution is -2.47. The molecular weight excluding hydrogens is 395 g/mol. The number of hydrogen-bond donors (Lipinski definition) is 1. The van der Waals surface area contributed by atoms with Gasteiger partial charge in [0.1, 0.15) is 6.04 Å². The van der Waals surface area contributed by atoms with E-state index in [4.69, 9.17) is 23.2 Å². The van der Waals surface area contributed by atoms with Gasteiger partial charge < -0.3 is 5.32 Å². The van der Waals surface area contributed by atoms with E-state index in [0.29, 0.717) is 11.6 Å². The van der Waals surface area contributed by atoms with Crippen molar-refractivity contribution in [2.75, 3.05) is 10.6 Å². The number of rotatable bonds is 6. The largest absolute Gasteiger partial charge is 0.350 e. The van der Waals surface area contributed by atoms with E-state index in [1.165, 1.54) is 25.1 Å². The Hall–Kier alpha value is -1.76. The minimum absolute atomic E-state index is 0.213. The molecule has 2 rings (SSSR count). The number of nitrogens with one attached hydrogen (secondary N) is 1. The van der Waals surface area contributed by atoms with Crippen LogP contribution in [0.1, 0.15) is 18.1 Å². The number of hydrogen-bond acceptors (Lipinski definition) is 3. The number of sulfonamides is 1. The van der Waals surface area contributed by atoms with Gasteiger partial charge in [0.05, 0.1) is 22.0 Å². The SMILES string of the molecule is Cc1ccccc1CNC(=O)[C@@H](C)N(c1ccc(Cl)c(Cl)c1)S(C)(=O)=O. The highest BCUT2D eigenvalue weighted by atomic mass is 35.5. The number of aryl methyl sites for hydroxylation is 1. The van der Waals surface area contributed by atoms with Gasteiger partial charge in [-0.15, -0.1) is 0 Å². The van der Waals surface area contributed by atoms with Crippen molar-refractivity contribution in [2.45, 2.75) is 26.4 Å². The Morgan fingerprint density at radius 3 is 2.38 bits per heavy atom. The number of carbonyl (C=O) groups excluding carboxylic acids is 1. The van der Waals surface area contributed by atoms with Gasteiger partial charge in [0, 0.05) is 6.54 Å². The van der Waals surface area contributed by atoms with Crippen LogP contribution in [0.4, 0.5) is 5.69 Å². The second-order valence-corrected chi connectivity index (χ2v) is 8.65. The van der Waals surface area contributed by atoms with Crippen molar-refractivity contribution in [1.82, 2.24) is 5.32 Å². The maximum atomic E-state index is 12.6. The minimum atomic E-state index is -3.71. The fraction of sp³-hybridized carbons (Fsp3) is 0.278. The van der Waals surface area contributed by atoms with Crippen LogP contribution in [0.2, 0.25) is 10.0 Å². The summed E-state index contributed by atoms with van der Waals surface area (Å²) >= 11 is 11.9. The summed E-state index contributed by atoms with van der Waals surface area (Å²) in [4.78, 5) is 12.6. The van der Waals surface area contributed by atoms with Gasteiger partial charge in [0.15, 0.2) is 0 Å². The van der Waals surface area contributed by atoms with E-state index in [9.17, 15) is 13.2 Å². The molecule has 26 heavy (non-hydrogen) atoms. The van der Waals surface area contributed by atoms with E-state index in [-0.39, 0.29) is 10.7 Å². The van der Waals surface area contributed by atoms with Gasteiger partial charge in [-0.1, -0.05) is 47.5 Å². The zero-order valence-electron chi connectivity index (χ0n) is 14.7. The Labute approximate surface area is 164 Å². The molecule has 0 saturated carbocycles. The number of carbonyl (C=O) groups is 1. The molecule has 0 radical (unpaired) electrons. The van der Waals surface area contributed by atoms with Gasteiger partial charge in [-0.2, -0.15) is 0 Å². The molecule has 0 spiro atoms. The molecule has 0 fully saturated rings. The third kappa shape index (κ3) is 4.90. The predicted molar refractivity (Wildman–Crippen MR) is 106 cm³/mol. The first-order valence-corrected chi connectivity index (χ1v) is 10.5. The number of benzene rings is 2. The van der Waals surface area contributed by atoms with Crippen LogP contribution in [0.3, 0.4) is 0 Å². The summed E-state index contributed by atoms with van der Waals surface area (Å²) in [6.07, 6.45) is 1.04. The molecular formula is C18H20Cl2N2O3S. The van der Waals surface area contributed by atoms with Crippen LogP contribution in [0, 0.1) is 6.92 Å². The normalized spacial score (nSPS) is 12.5. The molecule has 1 amide bonds. The first kappa shape index (κ1) is 20.6. The standard InChI is InChI=1S/C18H20Cl2N2O3S/c1-12-6-4-5-7-14(12)11-21-18(23)13(2)22(26(3,24)25)15-8-9-16(19)17(20)10-15/h4-10,13H,11H2,1-3H3,(H,21,23)/t13-/m1/s1. The minimum Gasteiger partial charge on any atom is -0.350 e. The Kier molecular flexibility index (Phi) is 6.55. The van der Waals surface area contributed by atoms with Gasteiger partial charge in [-0.3, -0.25) is 9.10 Å². The predicted octanol–water partition coefficient (Wildman–Crippen LogP) is 3.77. The third-order valence-corrected chi connectivity index (χ3v) is 5.94. The highest BCUT2D eigenvalue weighted by Crippen LogP contribution is 2.29. The average molecular weight is 415 g/mol. The van der Waals surface area contributed by atoms with Gasteiger partial charge in [0.25, 0.3) is 0 Å². The fourth-order valence-electron chi connectivity index (χ4n) is 2.57. The molecule has 5 nitrogen and oxygen atoms in total. The second-order valence-electron chi connectivity index (χ2n) is 5.98. The maximum Gasteiger partial charge on any atom is 0.243 e. The van der Waals surface area contributed by atoms with Crippen molar-refractivity contribution < 1.29 is 13.2 Å². The van der Waals surface area contributed by atoms with Gasteiger partial charge >= 0.3 is 0 Å². The van der Waals surface area contributed by atoms with Gasteiger partial charge in [0.2, 0.25) is 15.9 Å². The number of halogens is 2. The van der Waals surface area contributed by atoms with E-state index in [0.717, 1.165) is 21.7 Å². The fourth-order valence-corrected chi connectivity index (χ4v) is 4.03. The van der Waals surface area contributed by atoms with E-state index in [1.807, 2.05) is 31.2 Å². The molecule has 140 valence electrons. The van der Waals surface area contributed by atoms with Gasteiger partial charge in [-0.05, 0) is 43.2 Å². The quantitative estimate of drug-likeness (QED) is 0.781. The smallest absolute Gasteiger partial charge is 0.243 e. The lowest BCUT2D eigenvalue weighted by Gasteiger charge is -2.28. The summed E-state index contributed by atoms with van der Waals surface area (Å²) in [6, 6.07) is 11.1. The molecule has 0 aliphatic carbocycles. The molecule has 1 N–H and O–H groups in total. The molecule has 2 aromatic rings. The lowest BCUT2D eigenvalue weighted by molar-refractivity contribution is -0.122. The van der Waals surface area contributed by atoms with E-state index in [2.05, 4.69) is 5.32 Å². The van der Waals surface area contributed by atoms with E-state index in [1.54, 1.807) is 0 Å². The Bertz CT molecular complexity index is 916. The first-order chi connectivity index (χ1) is 12.1. The van der Waals surface area contributed by atoms with Crippen LogP contribution in [-0.4, -0.2) is 26.6 Å². The molecule has 8 heteroatoms. The highest BCUT2D eigenvalue weighted by Gasteiger charge is 2.29. The van der Waals surface area contributed by atoms with Crippen molar-refractivity contribution in [3.05, 3.63) is 63.6 Å². The summed E-state index contributed by atoms with van der Waals surface area (Å²) in [5, 5.41) is 3.30. The van der Waals surface area contributed by atoms with Crippen molar-refractivity contribution in [3.8, 4) is 0 Å². The summed E-state index contributed by atoms with van der Waals surface area (Å²) in [7, 11) is -3.71. The zero-order valence-corrected chi connectivity index (χ0v) is 17.0. The van der Waals surface area contributed by atoms with E-state index < -0.39 is 22.0 Å². The average Bonchev–Trinajstić information content (AvgIpc) is 2.56. The number of anilines is 1. The molecule has 0 bridgehead atoms. The van der Waals surface area contributed by atoms with Gasteiger partial charge in [-0.25, -0.2) is 8.42 Å². The third-order valence-electron chi connectivity index (χ3n) is 3.96. The number of amides is 1. The second kappa shape index (κ2) is 8.29. The van der Waals surface area contributed by atoms with Crippen molar-refractivity contribution in [2.24, 2.45) is 0 Å². The van der Waals surface area contributed by atoms with E-state index >= 15 is 0 Å². The Morgan fingerprint density at radius 1 is 1.15 bits per heavy atom. The van der Waals surface area contributed by atoms with Crippen LogP contribution in [-0.2, 0) is 21.4 Å². The van der Waals surface area contributed by atoms with Crippen LogP contribution in [0.5, 0.6) is 0 Å². The zero-order chi connectivity index (χ0) is 19.5. The van der Waals surface area contributed by atoms with Crippen LogP contribution >= 0.6 is 23.2 Å². The summed E-state index contributed by atoms with van der Waals surface area (Å²) in [5.74, 6) is -0.412. The Balaban J connectivity index is 2.23. The molecule has 0 aliphatic rings. The molecule has 0 unspecified atom stereocenters. The van der Waals surface area contributed by atoms with Crippen molar-refractivity contribution >= 4 is 44.8 Å². The number of nitrogens with zero attached hydrogens (tertiary/aromatic N) is 1. The molecule has 0 heterocycles. The molecule has 0 aromatic heterocycles. The summed E-state index contributed by atoms with van der Waals surface area (Å²) < 4.78 is 25.6. The summed E-state index contributed by atoms with van der Waals surface area (Å²) in [6.45, 7) is 3.79. The van der Waals surface area contributed by atoms with Crippen LogP contribution < -0.4 is 9.62 Å². The highest BCUT2D eigenvalue weighted by molar-refractivity contribution is 7.92. The molecule has 0 saturated heterocycles. The topological polar surface area (TPSA) is 66.5 Å². The summed E-state index contributed by atoms with van der Waals surface area (Å²) in [5.41, 5.74) is 2.29. The molecule has 0 aliphatic heterocycles. The van der Waals surface area contributed by atoms with Crippen molar-refractivity contribution in [1.29, 1.82) is 0 Å². The van der Waals surface area contributed by atoms with Crippen molar-refractivity contribution in [3.63, 3.8) is 0 Å². The maximum absolute atomic E-state index is 12.6. The lowest BCUT2D eigenvalue weighted by atomic mass is 10.1. The van der Waals surface area contributed by atoms with Crippen LogP contribution in [0.15, 0.2) is 42.5 Å². The van der Waals surface area contributed by atoms with Crippen LogP contribution in [0.25, 0.3) is 0 Å².